The predicted octanol–water partition coefficient (Wildman–Crippen LogP) is 2.68. The number of hydrogen-bond acceptors (Lipinski definition) is 4. The Morgan fingerprint density at radius 2 is 2.12 bits per heavy atom. The molecule has 0 N–H and O–H groups in total. The van der Waals surface area contributed by atoms with Crippen LogP contribution in [0, 0.1) is 18.3 Å². The average molecular weight is 358 g/mol. The molecule has 26 heavy (non-hydrogen) atoms. The normalized spacial score (nSPS) is 23.8. The van der Waals surface area contributed by atoms with Gasteiger partial charge in [0.1, 0.15) is 6.33 Å². The van der Waals surface area contributed by atoms with Gasteiger partial charge in [0.25, 0.3) is 5.91 Å². The quantitative estimate of drug-likeness (QED) is 0.830. The van der Waals surface area contributed by atoms with Gasteiger partial charge in [-0.2, -0.15) is 0 Å². The van der Waals surface area contributed by atoms with Gasteiger partial charge >= 0.3 is 0 Å². The molecule has 142 valence electrons. The van der Waals surface area contributed by atoms with Crippen molar-refractivity contribution >= 4 is 11.8 Å². The van der Waals surface area contributed by atoms with Crippen molar-refractivity contribution in [2.75, 3.05) is 26.2 Å². The van der Waals surface area contributed by atoms with E-state index < -0.39 is 0 Å². The summed E-state index contributed by atoms with van der Waals surface area (Å²) in [6.45, 7) is 9.34. The number of hydrogen-bond donors (Lipinski definition) is 0. The average Bonchev–Trinajstić information content (AvgIpc) is 2.63. The third-order valence-electron chi connectivity index (χ3n) is 5.82. The zero-order chi connectivity index (χ0) is 18.7. The van der Waals surface area contributed by atoms with E-state index in [2.05, 4.69) is 23.8 Å². The van der Waals surface area contributed by atoms with Crippen molar-refractivity contribution in [3.63, 3.8) is 0 Å². The first kappa shape index (κ1) is 18.8. The lowest BCUT2D eigenvalue weighted by molar-refractivity contribution is -0.139. The van der Waals surface area contributed by atoms with Crippen LogP contribution in [0.4, 0.5) is 0 Å². The summed E-state index contributed by atoms with van der Waals surface area (Å²) in [5, 5.41) is 0. The first-order valence-electron chi connectivity index (χ1n) is 9.74. The lowest BCUT2D eigenvalue weighted by Crippen LogP contribution is -2.55. The monoisotopic (exact) mass is 358 g/mol. The Hall–Kier alpha value is -1.98. The van der Waals surface area contributed by atoms with Crippen LogP contribution >= 0.6 is 0 Å². The fourth-order valence-corrected chi connectivity index (χ4v) is 4.21. The van der Waals surface area contributed by atoms with E-state index in [0.717, 1.165) is 57.6 Å². The number of aryl methyl sites for hydroxylation is 1. The Labute approximate surface area is 156 Å². The number of carbonyl (C=O) groups is 2. The molecule has 3 heterocycles. The van der Waals surface area contributed by atoms with E-state index in [-0.39, 0.29) is 17.2 Å². The molecular formula is C20H30N4O2. The molecule has 2 amide bonds. The van der Waals surface area contributed by atoms with Crippen molar-refractivity contribution < 1.29 is 9.59 Å². The van der Waals surface area contributed by atoms with Gasteiger partial charge in [0.2, 0.25) is 5.91 Å². The summed E-state index contributed by atoms with van der Waals surface area (Å²) in [5.41, 5.74) is 1.36. The van der Waals surface area contributed by atoms with Gasteiger partial charge in [-0.1, -0.05) is 13.8 Å². The van der Waals surface area contributed by atoms with Gasteiger partial charge < -0.3 is 9.80 Å². The zero-order valence-corrected chi connectivity index (χ0v) is 16.2. The summed E-state index contributed by atoms with van der Waals surface area (Å²) >= 11 is 0. The van der Waals surface area contributed by atoms with Gasteiger partial charge in [-0.3, -0.25) is 9.59 Å². The second-order valence-corrected chi connectivity index (χ2v) is 8.35. The molecule has 2 saturated heterocycles. The van der Waals surface area contributed by atoms with Gasteiger partial charge in [0, 0.05) is 44.2 Å². The highest BCUT2D eigenvalue weighted by Gasteiger charge is 2.42. The summed E-state index contributed by atoms with van der Waals surface area (Å²) in [5.74, 6) is 0.881. The molecule has 1 aromatic rings. The molecule has 1 atom stereocenters. The number of aromatic nitrogens is 2. The Morgan fingerprint density at radius 1 is 1.31 bits per heavy atom. The van der Waals surface area contributed by atoms with E-state index in [1.165, 1.54) is 6.33 Å². The van der Waals surface area contributed by atoms with Crippen LogP contribution in [0.3, 0.4) is 0 Å². The van der Waals surface area contributed by atoms with E-state index in [4.69, 9.17) is 0 Å². The zero-order valence-electron chi connectivity index (χ0n) is 16.2. The Kier molecular flexibility index (Phi) is 5.58. The molecule has 0 unspecified atom stereocenters. The molecular weight excluding hydrogens is 328 g/mol. The van der Waals surface area contributed by atoms with Crippen molar-refractivity contribution in [2.45, 2.75) is 52.9 Å². The van der Waals surface area contributed by atoms with Crippen molar-refractivity contribution in [1.82, 2.24) is 19.8 Å². The van der Waals surface area contributed by atoms with Crippen LogP contribution in [-0.2, 0) is 4.79 Å². The Bertz CT molecular complexity index is 676. The predicted molar refractivity (Wildman–Crippen MR) is 99.6 cm³/mol. The molecule has 0 aliphatic carbocycles. The van der Waals surface area contributed by atoms with Crippen molar-refractivity contribution in [3.8, 4) is 0 Å². The molecule has 0 radical (unpaired) electrons. The number of rotatable bonds is 4. The third-order valence-corrected chi connectivity index (χ3v) is 5.82. The minimum atomic E-state index is 0.0211. The van der Waals surface area contributed by atoms with Gasteiger partial charge in [-0.05, 0) is 38.5 Å². The van der Waals surface area contributed by atoms with Crippen molar-refractivity contribution in [3.05, 3.63) is 23.8 Å². The van der Waals surface area contributed by atoms with Gasteiger partial charge in [0.05, 0.1) is 11.3 Å². The highest BCUT2D eigenvalue weighted by Crippen LogP contribution is 2.39. The Morgan fingerprint density at radius 3 is 2.85 bits per heavy atom. The van der Waals surface area contributed by atoms with E-state index in [0.29, 0.717) is 17.9 Å². The highest BCUT2D eigenvalue weighted by atomic mass is 16.2. The van der Waals surface area contributed by atoms with E-state index in [1.807, 2.05) is 16.7 Å². The summed E-state index contributed by atoms with van der Waals surface area (Å²) < 4.78 is 0. The van der Waals surface area contributed by atoms with Gasteiger partial charge in [-0.25, -0.2) is 9.97 Å². The van der Waals surface area contributed by atoms with E-state index >= 15 is 0 Å². The SMILES string of the molecule is Cc1ncncc1C(=O)N1CCC[C@@]2(CCC(=O)N(CCC(C)C)C2)C1. The van der Waals surface area contributed by atoms with E-state index in [9.17, 15) is 9.59 Å². The number of nitrogens with zero attached hydrogens (tertiary/aromatic N) is 4. The van der Waals surface area contributed by atoms with Crippen molar-refractivity contribution in [1.29, 1.82) is 0 Å². The van der Waals surface area contributed by atoms with Crippen LogP contribution < -0.4 is 0 Å². The number of likely N-dealkylation sites (tertiary alicyclic amines) is 2. The lowest BCUT2D eigenvalue weighted by atomic mass is 9.73. The topological polar surface area (TPSA) is 66.4 Å². The molecule has 1 spiro atoms. The first-order valence-corrected chi connectivity index (χ1v) is 9.74. The molecule has 2 aliphatic heterocycles. The number of carbonyl (C=O) groups excluding carboxylic acids is 2. The summed E-state index contributed by atoms with van der Waals surface area (Å²) in [6.07, 6.45) is 7.70. The van der Waals surface area contributed by atoms with Gasteiger partial charge in [-0.15, -0.1) is 0 Å². The minimum Gasteiger partial charge on any atom is -0.342 e. The summed E-state index contributed by atoms with van der Waals surface area (Å²) in [4.78, 5) is 37.5. The number of piperidine rings is 2. The van der Waals surface area contributed by atoms with Crippen LogP contribution in [0.1, 0.15) is 62.0 Å². The Balaban J connectivity index is 1.71. The van der Waals surface area contributed by atoms with Crippen LogP contribution in [-0.4, -0.2) is 57.8 Å². The van der Waals surface area contributed by atoms with Crippen LogP contribution in [0.5, 0.6) is 0 Å². The summed E-state index contributed by atoms with van der Waals surface area (Å²) in [6, 6.07) is 0. The molecule has 3 rings (SSSR count). The smallest absolute Gasteiger partial charge is 0.257 e. The largest absolute Gasteiger partial charge is 0.342 e. The second-order valence-electron chi connectivity index (χ2n) is 8.35. The minimum absolute atomic E-state index is 0.0211. The molecule has 0 bridgehead atoms. The molecule has 2 aliphatic rings. The molecule has 0 saturated carbocycles. The maximum atomic E-state index is 13.0. The van der Waals surface area contributed by atoms with Crippen LogP contribution in [0.2, 0.25) is 0 Å². The molecule has 1 aromatic heterocycles. The maximum absolute atomic E-state index is 13.0. The third kappa shape index (κ3) is 4.05. The van der Waals surface area contributed by atoms with Crippen LogP contribution in [0.15, 0.2) is 12.5 Å². The molecule has 0 aromatic carbocycles. The second kappa shape index (κ2) is 7.72. The van der Waals surface area contributed by atoms with E-state index in [1.54, 1.807) is 6.20 Å². The maximum Gasteiger partial charge on any atom is 0.257 e. The highest BCUT2D eigenvalue weighted by molar-refractivity contribution is 5.95. The van der Waals surface area contributed by atoms with Crippen molar-refractivity contribution in [2.24, 2.45) is 11.3 Å². The summed E-state index contributed by atoms with van der Waals surface area (Å²) in [7, 11) is 0. The molecule has 6 heteroatoms. The lowest BCUT2D eigenvalue weighted by Gasteiger charge is -2.48. The standard InChI is InChI=1S/C20H30N4O2/c1-15(2)6-10-23-12-20(8-5-18(23)25)7-4-9-24(13-20)19(26)17-11-21-14-22-16(17)3/h11,14-15H,4-10,12-13H2,1-3H3/t20-/m0/s1. The fourth-order valence-electron chi connectivity index (χ4n) is 4.21. The molecule has 2 fully saturated rings. The van der Waals surface area contributed by atoms with Gasteiger partial charge in [0.15, 0.2) is 0 Å². The first-order chi connectivity index (χ1) is 12.4. The van der Waals surface area contributed by atoms with Crippen LogP contribution in [0.25, 0.3) is 0 Å². The number of amides is 2. The molecule has 6 nitrogen and oxygen atoms in total. The fraction of sp³-hybridized carbons (Fsp3) is 0.700.